The van der Waals surface area contributed by atoms with Gasteiger partial charge in [0.25, 0.3) is 0 Å². The maximum absolute atomic E-state index is 13.4. The van der Waals surface area contributed by atoms with Gasteiger partial charge in [-0.05, 0) is 52.6 Å². The van der Waals surface area contributed by atoms with Gasteiger partial charge in [0, 0.05) is 36.0 Å². The van der Waals surface area contributed by atoms with Gasteiger partial charge in [-0.2, -0.15) is 0 Å². The van der Waals surface area contributed by atoms with E-state index in [4.69, 9.17) is 13.9 Å². The molecule has 2 heterocycles. The highest BCUT2D eigenvalue weighted by Crippen LogP contribution is 2.39. The van der Waals surface area contributed by atoms with Gasteiger partial charge >= 0.3 is 0 Å². The fourth-order valence-electron chi connectivity index (χ4n) is 5.49. The highest BCUT2D eigenvalue weighted by atomic mass is 16.5. The molecule has 0 saturated carbocycles. The Kier molecular flexibility index (Phi) is 8.55. The minimum Gasteiger partial charge on any atom is -0.493 e. The Labute approximate surface area is 251 Å². The molecular weight excluding hydrogens is 536 g/mol. The number of furan rings is 1. The lowest BCUT2D eigenvalue weighted by Crippen LogP contribution is -2.24. The Hall–Kier alpha value is -5.23. The third-order valence-corrected chi connectivity index (χ3v) is 7.65. The number of nitrogens with zero attached hydrogens (tertiary/aromatic N) is 1. The van der Waals surface area contributed by atoms with Crippen LogP contribution in [0.5, 0.6) is 11.5 Å². The fraction of sp³-hybridized carbons (Fsp3) is 0.162. The summed E-state index contributed by atoms with van der Waals surface area (Å²) in [6.07, 6.45) is 4.06. The molecule has 6 nitrogen and oxygen atoms in total. The molecule has 2 aromatic heterocycles. The van der Waals surface area contributed by atoms with Gasteiger partial charge in [-0.25, -0.2) is 0 Å². The number of carbonyl (C=O) groups excluding carboxylic acids is 1. The zero-order chi connectivity index (χ0) is 29.4. The van der Waals surface area contributed by atoms with E-state index in [9.17, 15) is 4.79 Å². The molecule has 1 amide bonds. The lowest BCUT2D eigenvalue weighted by Gasteiger charge is -2.20. The number of methoxy groups -OCH3 is 1. The Morgan fingerprint density at radius 3 is 2.33 bits per heavy atom. The molecule has 0 fully saturated rings. The van der Waals surface area contributed by atoms with Crippen molar-refractivity contribution in [2.24, 2.45) is 0 Å². The summed E-state index contributed by atoms with van der Waals surface area (Å²) < 4.78 is 19.6. The van der Waals surface area contributed by atoms with Gasteiger partial charge in [-0.15, -0.1) is 0 Å². The molecule has 0 bridgehead atoms. The number of nitrogens with one attached hydrogen (secondary N) is 1. The minimum atomic E-state index is -0.233. The van der Waals surface area contributed by atoms with Crippen molar-refractivity contribution in [2.45, 2.75) is 32.0 Å². The van der Waals surface area contributed by atoms with E-state index < -0.39 is 0 Å². The van der Waals surface area contributed by atoms with E-state index in [1.54, 1.807) is 13.4 Å². The van der Waals surface area contributed by atoms with Crippen molar-refractivity contribution in [3.05, 3.63) is 156 Å². The highest BCUT2D eigenvalue weighted by Gasteiger charge is 2.24. The molecule has 4 aromatic carbocycles. The van der Waals surface area contributed by atoms with Crippen molar-refractivity contribution in [1.29, 1.82) is 0 Å². The third-order valence-electron chi connectivity index (χ3n) is 7.65. The molecule has 6 aromatic rings. The number of carbonyl (C=O) groups is 1. The predicted molar refractivity (Wildman–Crippen MR) is 168 cm³/mol. The average molecular weight is 571 g/mol. The summed E-state index contributed by atoms with van der Waals surface area (Å²) in [7, 11) is 1.64. The monoisotopic (exact) mass is 570 g/mol. The summed E-state index contributed by atoms with van der Waals surface area (Å²) in [4.78, 5) is 13.4. The van der Waals surface area contributed by atoms with Gasteiger partial charge in [0.05, 0.1) is 19.9 Å². The lowest BCUT2D eigenvalue weighted by atomic mass is 9.87. The standard InChI is InChI=1S/C37H34N2O4/c1-41-35-19-18-29(21-36(35)43-26-28-13-6-3-7-14-28)32(22-37(40)38-23-30-15-10-20-42-30)33-25-39(24-27-11-4-2-5-12-27)34-17-9-8-16-31(33)34/h2-21,25,32H,22-24,26H2,1H3,(H,38,40)/t32-/m0/s1. The molecule has 1 atom stereocenters. The molecule has 6 rings (SSSR count). The van der Waals surface area contributed by atoms with Crippen LogP contribution in [0.2, 0.25) is 0 Å². The number of fused-ring (bicyclic) bond motifs is 1. The number of ether oxygens (including phenoxy) is 2. The second-order valence-corrected chi connectivity index (χ2v) is 10.5. The van der Waals surface area contributed by atoms with Crippen LogP contribution in [0, 0.1) is 0 Å². The van der Waals surface area contributed by atoms with Gasteiger partial charge in [0.2, 0.25) is 5.91 Å². The van der Waals surface area contributed by atoms with E-state index in [-0.39, 0.29) is 18.2 Å². The molecule has 216 valence electrons. The van der Waals surface area contributed by atoms with E-state index in [0.29, 0.717) is 30.4 Å². The quantitative estimate of drug-likeness (QED) is 0.164. The van der Waals surface area contributed by atoms with Crippen LogP contribution in [-0.2, 0) is 24.5 Å². The van der Waals surface area contributed by atoms with Crippen molar-refractivity contribution >= 4 is 16.8 Å². The Balaban J connectivity index is 1.37. The maximum atomic E-state index is 13.4. The van der Waals surface area contributed by atoms with Crippen LogP contribution in [0.15, 0.2) is 132 Å². The second kappa shape index (κ2) is 13.2. The summed E-state index contributed by atoms with van der Waals surface area (Å²) in [6, 6.07) is 38.5. The van der Waals surface area contributed by atoms with Gasteiger partial charge in [-0.3, -0.25) is 4.79 Å². The van der Waals surface area contributed by atoms with Gasteiger partial charge < -0.3 is 23.8 Å². The van der Waals surface area contributed by atoms with Crippen LogP contribution in [0.1, 0.15) is 40.4 Å². The minimum absolute atomic E-state index is 0.0659. The zero-order valence-electron chi connectivity index (χ0n) is 24.1. The number of rotatable bonds is 12. The van der Waals surface area contributed by atoms with Crippen LogP contribution in [-0.4, -0.2) is 17.6 Å². The van der Waals surface area contributed by atoms with Crippen LogP contribution < -0.4 is 14.8 Å². The van der Waals surface area contributed by atoms with Crippen molar-refractivity contribution in [2.75, 3.05) is 7.11 Å². The summed E-state index contributed by atoms with van der Waals surface area (Å²) in [5.41, 5.74) is 5.45. The molecule has 0 spiro atoms. The van der Waals surface area contributed by atoms with Crippen molar-refractivity contribution < 1.29 is 18.7 Å². The van der Waals surface area contributed by atoms with Crippen molar-refractivity contribution in [3.63, 3.8) is 0 Å². The number of hydrogen-bond acceptors (Lipinski definition) is 4. The summed E-state index contributed by atoms with van der Waals surface area (Å²) in [5.74, 6) is 1.70. The molecule has 0 aliphatic heterocycles. The first-order valence-corrected chi connectivity index (χ1v) is 14.4. The maximum Gasteiger partial charge on any atom is 0.221 e. The molecular formula is C37H34N2O4. The second-order valence-electron chi connectivity index (χ2n) is 10.5. The SMILES string of the molecule is COc1ccc([C@H](CC(=O)NCc2ccco2)c2cn(Cc3ccccc3)c3ccccc23)cc1OCc1ccccc1. The number of aromatic nitrogens is 1. The lowest BCUT2D eigenvalue weighted by molar-refractivity contribution is -0.121. The average Bonchev–Trinajstić information content (AvgIpc) is 3.71. The molecule has 1 N–H and O–H groups in total. The van der Waals surface area contributed by atoms with Gasteiger partial charge in [0.15, 0.2) is 11.5 Å². The molecule has 43 heavy (non-hydrogen) atoms. The summed E-state index contributed by atoms with van der Waals surface area (Å²) >= 11 is 0. The Morgan fingerprint density at radius 1 is 0.837 bits per heavy atom. The van der Waals surface area contributed by atoms with E-state index in [1.165, 1.54) is 5.56 Å². The summed E-state index contributed by atoms with van der Waals surface area (Å²) in [6.45, 7) is 1.47. The summed E-state index contributed by atoms with van der Waals surface area (Å²) in [5, 5.41) is 4.15. The normalized spacial score (nSPS) is 11.7. The highest BCUT2D eigenvalue weighted by molar-refractivity contribution is 5.87. The number of amides is 1. The molecule has 0 unspecified atom stereocenters. The first kappa shape index (κ1) is 27.9. The van der Waals surface area contributed by atoms with Crippen LogP contribution in [0.25, 0.3) is 10.9 Å². The van der Waals surface area contributed by atoms with E-state index in [0.717, 1.165) is 34.1 Å². The third kappa shape index (κ3) is 6.65. The van der Waals surface area contributed by atoms with Crippen LogP contribution >= 0.6 is 0 Å². The van der Waals surface area contributed by atoms with Crippen molar-refractivity contribution in [1.82, 2.24) is 9.88 Å². The predicted octanol–water partition coefficient (Wildman–Crippen LogP) is 7.71. The number of benzene rings is 4. The fourth-order valence-corrected chi connectivity index (χ4v) is 5.49. The zero-order valence-corrected chi connectivity index (χ0v) is 24.1. The topological polar surface area (TPSA) is 65.6 Å². The first-order chi connectivity index (χ1) is 21.2. The number of para-hydroxylation sites is 1. The van der Waals surface area contributed by atoms with Crippen LogP contribution in [0.3, 0.4) is 0 Å². The smallest absolute Gasteiger partial charge is 0.221 e. The first-order valence-electron chi connectivity index (χ1n) is 14.4. The largest absolute Gasteiger partial charge is 0.493 e. The molecule has 6 heteroatoms. The molecule has 0 aliphatic rings. The number of hydrogen-bond donors (Lipinski definition) is 1. The van der Waals surface area contributed by atoms with E-state index in [1.807, 2.05) is 66.7 Å². The molecule has 0 saturated heterocycles. The molecule has 0 radical (unpaired) electrons. The van der Waals surface area contributed by atoms with E-state index in [2.05, 4.69) is 64.6 Å². The van der Waals surface area contributed by atoms with Crippen LogP contribution in [0.4, 0.5) is 0 Å². The van der Waals surface area contributed by atoms with Gasteiger partial charge in [0.1, 0.15) is 12.4 Å². The van der Waals surface area contributed by atoms with E-state index >= 15 is 0 Å². The molecule has 0 aliphatic carbocycles. The van der Waals surface area contributed by atoms with Crippen molar-refractivity contribution in [3.8, 4) is 11.5 Å². The van der Waals surface area contributed by atoms with Gasteiger partial charge in [-0.1, -0.05) is 84.9 Å². The Morgan fingerprint density at radius 2 is 1.58 bits per heavy atom. The Bertz CT molecular complexity index is 1780.